The quantitative estimate of drug-likeness (QED) is 0.648. The van der Waals surface area contributed by atoms with Gasteiger partial charge in [0.2, 0.25) is 5.91 Å². The Morgan fingerprint density at radius 3 is 2.29 bits per heavy atom. The molecule has 3 rings (SSSR count). The van der Waals surface area contributed by atoms with Crippen molar-refractivity contribution in [3.8, 4) is 0 Å². The zero-order valence-corrected chi connectivity index (χ0v) is 16.1. The van der Waals surface area contributed by atoms with E-state index < -0.39 is 28.3 Å². The first kappa shape index (κ1) is 19.9. The average Bonchev–Trinajstić information content (AvgIpc) is 2.68. The van der Waals surface area contributed by atoms with E-state index in [0.717, 1.165) is 4.31 Å². The van der Waals surface area contributed by atoms with Gasteiger partial charge in [0.25, 0.3) is 10.0 Å². The third-order valence-corrected chi connectivity index (χ3v) is 5.87. The van der Waals surface area contributed by atoms with Crippen molar-refractivity contribution in [2.45, 2.75) is 4.90 Å². The van der Waals surface area contributed by atoms with Gasteiger partial charge in [0.05, 0.1) is 10.6 Å². The minimum absolute atomic E-state index is 0.0459. The highest BCUT2D eigenvalue weighted by Gasteiger charge is 2.27. The number of sulfonamides is 1. The third kappa shape index (κ3) is 4.68. The third-order valence-electron chi connectivity index (χ3n) is 3.84. The van der Waals surface area contributed by atoms with Gasteiger partial charge in [-0.15, -0.1) is 0 Å². The van der Waals surface area contributed by atoms with E-state index in [1.165, 1.54) is 42.5 Å². The highest BCUT2D eigenvalue weighted by Crippen LogP contribution is 2.26. The summed E-state index contributed by atoms with van der Waals surface area (Å²) in [5, 5.41) is 2.90. The lowest BCUT2D eigenvalue weighted by Gasteiger charge is -2.24. The number of carbonyl (C=O) groups is 1. The number of anilines is 2. The summed E-state index contributed by atoms with van der Waals surface area (Å²) in [5.74, 6) is -1.02. The van der Waals surface area contributed by atoms with Gasteiger partial charge in [-0.1, -0.05) is 35.9 Å². The van der Waals surface area contributed by atoms with Crippen LogP contribution in [-0.4, -0.2) is 20.9 Å². The van der Waals surface area contributed by atoms with Crippen LogP contribution in [-0.2, 0) is 14.8 Å². The number of hydrogen-bond acceptors (Lipinski definition) is 3. The maximum absolute atomic E-state index is 13.1. The second-order valence-corrected chi connectivity index (χ2v) is 8.16. The molecule has 8 heteroatoms. The van der Waals surface area contributed by atoms with E-state index in [9.17, 15) is 17.6 Å². The Bertz CT molecular complexity index is 1070. The summed E-state index contributed by atoms with van der Waals surface area (Å²) in [6.45, 7) is -0.477. The van der Waals surface area contributed by atoms with E-state index in [1.54, 1.807) is 36.4 Å². The maximum Gasteiger partial charge on any atom is 0.264 e. The van der Waals surface area contributed by atoms with Crippen LogP contribution < -0.4 is 9.62 Å². The molecule has 1 amide bonds. The van der Waals surface area contributed by atoms with Gasteiger partial charge in [0, 0.05) is 10.7 Å². The molecule has 28 heavy (non-hydrogen) atoms. The lowest BCUT2D eigenvalue weighted by atomic mass is 10.3. The summed E-state index contributed by atoms with van der Waals surface area (Å²) in [6.07, 6.45) is 0. The number of rotatable bonds is 6. The first-order chi connectivity index (χ1) is 13.4. The number of halogens is 2. The molecular formula is C20H16ClFN2O3S. The minimum Gasteiger partial charge on any atom is -0.325 e. The van der Waals surface area contributed by atoms with E-state index in [2.05, 4.69) is 5.32 Å². The molecule has 0 bridgehead atoms. The molecule has 0 aliphatic heterocycles. The van der Waals surface area contributed by atoms with Crippen LogP contribution in [0.2, 0.25) is 5.02 Å². The summed E-state index contributed by atoms with van der Waals surface area (Å²) in [7, 11) is -4.01. The van der Waals surface area contributed by atoms with Crippen molar-refractivity contribution in [1.82, 2.24) is 0 Å². The monoisotopic (exact) mass is 418 g/mol. The standard InChI is InChI=1S/C20H16ClFN2O3S/c21-15-5-4-6-18(13-15)24(28(26,27)19-7-2-1-3-8-19)14-20(25)23-17-11-9-16(22)10-12-17/h1-13H,14H2,(H,23,25). The molecule has 3 aromatic rings. The van der Waals surface area contributed by atoms with Crippen molar-refractivity contribution in [1.29, 1.82) is 0 Å². The SMILES string of the molecule is O=C(CN(c1cccc(Cl)c1)S(=O)(=O)c1ccccc1)Nc1ccc(F)cc1. The van der Waals surface area contributed by atoms with E-state index in [-0.39, 0.29) is 10.6 Å². The van der Waals surface area contributed by atoms with Crippen LogP contribution in [0.1, 0.15) is 0 Å². The molecule has 3 aromatic carbocycles. The van der Waals surface area contributed by atoms with Gasteiger partial charge in [0.1, 0.15) is 12.4 Å². The number of nitrogens with one attached hydrogen (secondary N) is 1. The van der Waals surface area contributed by atoms with Crippen LogP contribution in [0.3, 0.4) is 0 Å². The Kier molecular flexibility index (Phi) is 5.96. The molecule has 0 fully saturated rings. The lowest BCUT2D eigenvalue weighted by Crippen LogP contribution is -2.38. The number of carbonyl (C=O) groups excluding carboxylic acids is 1. The topological polar surface area (TPSA) is 66.5 Å². The normalized spacial score (nSPS) is 11.1. The fraction of sp³-hybridized carbons (Fsp3) is 0.0500. The van der Waals surface area contributed by atoms with Crippen molar-refractivity contribution >= 4 is 38.9 Å². The largest absolute Gasteiger partial charge is 0.325 e. The molecule has 0 atom stereocenters. The molecule has 0 saturated heterocycles. The molecular weight excluding hydrogens is 403 g/mol. The van der Waals surface area contributed by atoms with E-state index >= 15 is 0 Å². The average molecular weight is 419 g/mol. The smallest absolute Gasteiger partial charge is 0.264 e. The maximum atomic E-state index is 13.1. The Balaban J connectivity index is 1.92. The van der Waals surface area contributed by atoms with Crippen LogP contribution in [0.4, 0.5) is 15.8 Å². The van der Waals surface area contributed by atoms with Gasteiger partial charge in [-0.25, -0.2) is 12.8 Å². The Morgan fingerprint density at radius 1 is 0.964 bits per heavy atom. The molecule has 144 valence electrons. The number of amides is 1. The van der Waals surface area contributed by atoms with Crippen molar-refractivity contribution in [2.75, 3.05) is 16.2 Å². The van der Waals surface area contributed by atoms with E-state index in [0.29, 0.717) is 10.7 Å². The zero-order chi connectivity index (χ0) is 20.1. The highest BCUT2D eigenvalue weighted by molar-refractivity contribution is 7.92. The number of nitrogens with zero attached hydrogens (tertiary/aromatic N) is 1. The van der Waals surface area contributed by atoms with Crippen LogP contribution in [0.5, 0.6) is 0 Å². The van der Waals surface area contributed by atoms with E-state index in [1.807, 2.05) is 0 Å². The minimum atomic E-state index is -4.01. The van der Waals surface area contributed by atoms with Gasteiger partial charge >= 0.3 is 0 Å². The molecule has 0 aliphatic rings. The first-order valence-electron chi connectivity index (χ1n) is 8.25. The molecule has 0 heterocycles. The van der Waals surface area contributed by atoms with Gasteiger partial charge in [0.15, 0.2) is 0 Å². The summed E-state index contributed by atoms with van der Waals surface area (Å²) in [6, 6.07) is 19.2. The van der Waals surface area contributed by atoms with Crippen LogP contribution in [0, 0.1) is 5.82 Å². The lowest BCUT2D eigenvalue weighted by molar-refractivity contribution is -0.114. The van der Waals surface area contributed by atoms with Crippen molar-refractivity contribution in [3.05, 3.63) is 89.7 Å². The summed E-state index contributed by atoms with van der Waals surface area (Å²) < 4.78 is 40.3. The molecule has 0 saturated carbocycles. The van der Waals surface area contributed by atoms with Gasteiger partial charge < -0.3 is 5.32 Å². The van der Waals surface area contributed by atoms with Crippen molar-refractivity contribution in [2.24, 2.45) is 0 Å². The van der Waals surface area contributed by atoms with Gasteiger partial charge in [-0.05, 0) is 54.6 Å². The summed E-state index contributed by atoms with van der Waals surface area (Å²) >= 11 is 6.01. The fourth-order valence-electron chi connectivity index (χ4n) is 2.53. The number of hydrogen-bond donors (Lipinski definition) is 1. The molecule has 0 aliphatic carbocycles. The van der Waals surface area contributed by atoms with Crippen molar-refractivity contribution in [3.63, 3.8) is 0 Å². The number of benzene rings is 3. The predicted molar refractivity (Wildman–Crippen MR) is 107 cm³/mol. The Labute approximate surface area is 167 Å². The molecule has 1 N–H and O–H groups in total. The Morgan fingerprint density at radius 2 is 1.64 bits per heavy atom. The van der Waals surface area contributed by atoms with Crippen LogP contribution >= 0.6 is 11.6 Å². The fourth-order valence-corrected chi connectivity index (χ4v) is 4.15. The second-order valence-electron chi connectivity index (χ2n) is 5.86. The predicted octanol–water partition coefficient (Wildman–Crippen LogP) is 4.31. The molecule has 0 spiro atoms. The van der Waals surface area contributed by atoms with Crippen LogP contribution in [0.15, 0.2) is 83.8 Å². The van der Waals surface area contributed by atoms with Crippen LogP contribution in [0.25, 0.3) is 0 Å². The molecule has 5 nitrogen and oxygen atoms in total. The summed E-state index contributed by atoms with van der Waals surface area (Å²) in [4.78, 5) is 12.5. The molecule has 0 radical (unpaired) electrons. The Hall–Kier alpha value is -2.90. The van der Waals surface area contributed by atoms with Crippen molar-refractivity contribution < 1.29 is 17.6 Å². The first-order valence-corrected chi connectivity index (χ1v) is 10.1. The molecule has 0 aromatic heterocycles. The van der Waals surface area contributed by atoms with Gasteiger partial charge in [-0.2, -0.15) is 0 Å². The second kappa shape index (κ2) is 8.41. The van der Waals surface area contributed by atoms with E-state index in [4.69, 9.17) is 11.6 Å². The summed E-state index contributed by atoms with van der Waals surface area (Å²) in [5.41, 5.74) is 0.611. The molecule has 0 unspecified atom stereocenters. The highest BCUT2D eigenvalue weighted by atomic mass is 35.5. The zero-order valence-electron chi connectivity index (χ0n) is 14.5. The van der Waals surface area contributed by atoms with Gasteiger partial charge in [-0.3, -0.25) is 9.10 Å².